The molecule has 0 fully saturated rings. The molecule has 0 saturated carbocycles. The molecular formula is C18H12F3N7O2. The highest BCUT2D eigenvalue weighted by atomic mass is 19.4. The molecule has 0 atom stereocenters. The maximum atomic E-state index is 13.0. The number of aromatic nitrogens is 5. The molecule has 4 rings (SSSR count). The molecule has 0 aliphatic heterocycles. The van der Waals surface area contributed by atoms with Crippen LogP contribution in [0.25, 0.3) is 5.65 Å². The summed E-state index contributed by atoms with van der Waals surface area (Å²) in [5.41, 5.74) is 4.12. The van der Waals surface area contributed by atoms with Gasteiger partial charge in [0, 0.05) is 30.9 Å². The largest absolute Gasteiger partial charge is 0.455 e. The lowest BCUT2D eigenvalue weighted by Gasteiger charge is -2.11. The van der Waals surface area contributed by atoms with Gasteiger partial charge in [-0.05, 0) is 18.2 Å². The Morgan fingerprint density at radius 1 is 1.10 bits per heavy atom. The second-order valence-corrected chi connectivity index (χ2v) is 5.95. The van der Waals surface area contributed by atoms with Gasteiger partial charge in [0.2, 0.25) is 0 Å². The average Bonchev–Trinajstić information content (AvgIpc) is 3.04. The maximum absolute atomic E-state index is 13.0. The number of amides is 1. The van der Waals surface area contributed by atoms with Crippen molar-refractivity contribution in [1.82, 2.24) is 24.6 Å². The van der Waals surface area contributed by atoms with Gasteiger partial charge in [-0.3, -0.25) is 14.8 Å². The van der Waals surface area contributed by atoms with Gasteiger partial charge < -0.3 is 15.8 Å². The highest BCUT2D eigenvalue weighted by Gasteiger charge is 2.33. The van der Waals surface area contributed by atoms with E-state index in [0.29, 0.717) is 5.75 Å². The van der Waals surface area contributed by atoms with Gasteiger partial charge in [-0.15, -0.1) is 5.10 Å². The Balaban J connectivity index is 1.68. The van der Waals surface area contributed by atoms with Crippen molar-refractivity contribution in [3.63, 3.8) is 0 Å². The number of nitrogen functional groups attached to an aromatic ring is 1. The predicted molar refractivity (Wildman–Crippen MR) is 98.9 cm³/mol. The first kappa shape index (κ1) is 19.1. The van der Waals surface area contributed by atoms with Crippen molar-refractivity contribution >= 4 is 23.1 Å². The van der Waals surface area contributed by atoms with E-state index in [2.05, 4.69) is 25.4 Å². The summed E-state index contributed by atoms with van der Waals surface area (Å²) >= 11 is 0. The Bertz CT molecular complexity index is 1230. The highest BCUT2D eigenvalue weighted by Crippen LogP contribution is 2.31. The number of anilines is 2. The van der Waals surface area contributed by atoms with Crippen molar-refractivity contribution in [2.75, 3.05) is 11.1 Å². The fourth-order valence-electron chi connectivity index (χ4n) is 2.60. The number of pyridine rings is 2. The molecule has 0 spiro atoms. The van der Waals surface area contributed by atoms with E-state index in [1.54, 1.807) is 12.1 Å². The number of nitrogens with two attached hydrogens (primary N) is 1. The average molecular weight is 415 g/mol. The van der Waals surface area contributed by atoms with Gasteiger partial charge in [-0.2, -0.15) is 13.2 Å². The van der Waals surface area contributed by atoms with Crippen LogP contribution < -0.4 is 15.8 Å². The SMILES string of the molecule is Nc1nn2ccc(C(F)(F)F)nc2c1C(=O)Nc1cnccc1Oc1ccncc1. The van der Waals surface area contributed by atoms with Gasteiger partial charge in [0.15, 0.2) is 17.2 Å². The second kappa shape index (κ2) is 7.31. The molecule has 152 valence electrons. The van der Waals surface area contributed by atoms with E-state index in [0.717, 1.165) is 16.8 Å². The summed E-state index contributed by atoms with van der Waals surface area (Å²) in [4.78, 5) is 24.1. The second-order valence-electron chi connectivity index (χ2n) is 5.95. The molecule has 4 aromatic rings. The predicted octanol–water partition coefficient (Wildman–Crippen LogP) is 3.16. The molecule has 3 N–H and O–H groups in total. The third-order valence-electron chi connectivity index (χ3n) is 3.94. The number of hydrogen-bond donors (Lipinski definition) is 2. The van der Waals surface area contributed by atoms with Crippen LogP contribution in [-0.2, 0) is 6.18 Å². The van der Waals surface area contributed by atoms with E-state index in [9.17, 15) is 18.0 Å². The molecule has 0 aromatic carbocycles. The van der Waals surface area contributed by atoms with Crippen LogP contribution in [0, 0.1) is 0 Å². The Kier molecular flexibility index (Phi) is 4.66. The van der Waals surface area contributed by atoms with Gasteiger partial charge in [0.25, 0.3) is 5.91 Å². The summed E-state index contributed by atoms with van der Waals surface area (Å²) in [6.07, 6.45) is 2.17. The van der Waals surface area contributed by atoms with Crippen molar-refractivity contribution in [3.8, 4) is 11.5 Å². The summed E-state index contributed by atoms with van der Waals surface area (Å²) in [7, 11) is 0. The number of ether oxygens (including phenoxy) is 1. The van der Waals surface area contributed by atoms with Gasteiger partial charge in [-0.1, -0.05) is 0 Å². The monoisotopic (exact) mass is 415 g/mol. The fraction of sp³-hybridized carbons (Fsp3) is 0.0556. The standard InChI is InChI=1S/C18H12F3N7O2/c19-18(20,21)13-4-8-28-16(26-13)14(15(22)27-28)17(29)25-11-9-24-7-3-12(11)30-10-1-5-23-6-2-10/h1-9H,(H2,22,27)(H,25,29). The normalized spacial score (nSPS) is 11.4. The summed E-state index contributed by atoms with van der Waals surface area (Å²) < 4.78 is 45.7. The topological polar surface area (TPSA) is 120 Å². The summed E-state index contributed by atoms with van der Waals surface area (Å²) in [5.74, 6) is -0.385. The number of carbonyl (C=O) groups excluding carboxylic acids is 1. The van der Waals surface area contributed by atoms with E-state index in [1.165, 1.54) is 30.9 Å². The first-order valence-corrected chi connectivity index (χ1v) is 8.38. The van der Waals surface area contributed by atoms with Crippen molar-refractivity contribution in [1.29, 1.82) is 0 Å². The molecule has 1 amide bonds. The molecule has 4 heterocycles. The zero-order valence-electron chi connectivity index (χ0n) is 15.0. The molecule has 0 bridgehead atoms. The first-order valence-electron chi connectivity index (χ1n) is 8.38. The Labute approximate surface area is 166 Å². The van der Waals surface area contributed by atoms with E-state index >= 15 is 0 Å². The third kappa shape index (κ3) is 3.70. The van der Waals surface area contributed by atoms with Crippen molar-refractivity contribution in [3.05, 3.63) is 66.5 Å². The number of fused-ring (bicyclic) bond motifs is 1. The van der Waals surface area contributed by atoms with Crippen LogP contribution in [-0.4, -0.2) is 30.5 Å². The van der Waals surface area contributed by atoms with Crippen LogP contribution in [0.3, 0.4) is 0 Å². The maximum Gasteiger partial charge on any atom is 0.433 e. The molecule has 0 unspecified atom stereocenters. The smallest absolute Gasteiger partial charge is 0.433 e. The minimum Gasteiger partial charge on any atom is -0.455 e. The van der Waals surface area contributed by atoms with E-state index in [4.69, 9.17) is 10.5 Å². The molecule has 4 aromatic heterocycles. The van der Waals surface area contributed by atoms with E-state index in [-0.39, 0.29) is 28.5 Å². The van der Waals surface area contributed by atoms with Crippen LogP contribution in [0.2, 0.25) is 0 Å². The van der Waals surface area contributed by atoms with Gasteiger partial charge in [-0.25, -0.2) is 9.50 Å². The number of rotatable bonds is 4. The minimum atomic E-state index is -4.69. The zero-order chi connectivity index (χ0) is 21.3. The Hall–Kier alpha value is -4.22. The van der Waals surface area contributed by atoms with Crippen molar-refractivity contribution in [2.24, 2.45) is 0 Å². The minimum absolute atomic E-state index is 0.171. The van der Waals surface area contributed by atoms with Crippen LogP contribution >= 0.6 is 0 Å². The fourth-order valence-corrected chi connectivity index (χ4v) is 2.60. The lowest BCUT2D eigenvalue weighted by atomic mass is 10.2. The molecule has 0 aliphatic carbocycles. The number of halogens is 3. The summed E-state index contributed by atoms with van der Waals surface area (Å²) in [6, 6.07) is 5.47. The zero-order valence-corrected chi connectivity index (χ0v) is 15.0. The number of carbonyl (C=O) groups is 1. The van der Waals surface area contributed by atoms with E-state index in [1.807, 2.05) is 0 Å². The van der Waals surface area contributed by atoms with Crippen molar-refractivity contribution < 1.29 is 22.7 Å². The van der Waals surface area contributed by atoms with Gasteiger partial charge in [0.05, 0.1) is 6.20 Å². The Morgan fingerprint density at radius 3 is 2.57 bits per heavy atom. The Morgan fingerprint density at radius 2 is 1.83 bits per heavy atom. The summed E-state index contributed by atoms with van der Waals surface area (Å²) in [6.45, 7) is 0. The molecular weight excluding hydrogens is 403 g/mol. The summed E-state index contributed by atoms with van der Waals surface area (Å²) in [5, 5.41) is 6.37. The third-order valence-corrected chi connectivity index (χ3v) is 3.94. The van der Waals surface area contributed by atoms with E-state index < -0.39 is 17.8 Å². The molecule has 9 nitrogen and oxygen atoms in total. The molecule has 0 aliphatic rings. The first-order chi connectivity index (χ1) is 14.3. The quantitative estimate of drug-likeness (QED) is 0.525. The van der Waals surface area contributed by atoms with Crippen LogP contribution in [0.4, 0.5) is 24.7 Å². The number of alkyl halides is 3. The van der Waals surface area contributed by atoms with Crippen LogP contribution in [0.15, 0.2) is 55.2 Å². The highest BCUT2D eigenvalue weighted by molar-refractivity contribution is 6.12. The van der Waals surface area contributed by atoms with Crippen LogP contribution in [0.5, 0.6) is 11.5 Å². The number of nitrogens with one attached hydrogen (secondary N) is 1. The molecule has 0 saturated heterocycles. The molecule has 12 heteroatoms. The van der Waals surface area contributed by atoms with Gasteiger partial charge >= 0.3 is 6.18 Å². The molecule has 0 radical (unpaired) electrons. The number of nitrogens with zero attached hydrogens (tertiary/aromatic N) is 5. The lowest BCUT2D eigenvalue weighted by molar-refractivity contribution is -0.141. The molecule has 30 heavy (non-hydrogen) atoms. The number of hydrogen-bond acceptors (Lipinski definition) is 7. The van der Waals surface area contributed by atoms with Crippen molar-refractivity contribution in [2.45, 2.75) is 6.18 Å². The van der Waals surface area contributed by atoms with Crippen LogP contribution in [0.1, 0.15) is 16.1 Å². The lowest BCUT2D eigenvalue weighted by Crippen LogP contribution is -2.15. The van der Waals surface area contributed by atoms with Gasteiger partial charge in [0.1, 0.15) is 22.7 Å².